The highest BCUT2D eigenvalue weighted by atomic mass is 16.8. The van der Waals surface area contributed by atoms with Crippen molar-refractivity contribution >= 4 is 5.91 Å². The van der Waals surface area contributed by atoms with Crippen LogP contribution in [0.2, 0.25) is 0 Å². The smallest absolute Gasteiger partial charge is 0.220 e. The fourth-order valence-electron chi connectivity index (χ4n) is 9.38. The second-order valence-corrected chi connectivity index (χ2v) is 20.4. The molecule has 3 aliphatic rings. The van der Waals surface area contributed by atoms with Crippen LogP contribution in [0.25, 0.3) is 0 Å². The summed E-state index contributed by atoms with van der Waals surface area (Å²) in [6, 6.07) is -0.970. The third-order valence-corrected chi connectivity index (χ3v) is 14.1. The Kier molecular flexibility index (Phi) is 35.8. The van der Waals surface area contributed by atoms with Crippen molar-refractivity contribution in [2.75, 3.05) is 26.4 Å². The maximum Gasteiger partial charge on any atom is 0.220 e. The molecule has 436 valence electrons. The highest BCUT2D eigenvalue weighted by molar-refractivity contribution is 5.76. The third kappa shape index (κ3) is 24.8. The van der Waals surface area contributed by atoms with Crippen molar-refractivity contribution in [1.82, 2.24) is 5.32 Å². The minimum atomic E-state index is -1.98. The Morgan fingerprint density at radius 1 is 0.480 bits per heavy atom. The van der Waals surface area contributed by atoms with Crippen LogP contribution in [-0.2, 0) is 33.2 Å². The summed E-state index contributed by atoms with van der Waals surface area (Å²) >= 11 is 0. The van der Waals surface area contributed by atoms with E-state index in [0.29, 0.717) is 12.8 Å². The van der Waals surface area contributed by atoms with Gasteiger partial charge in [0.15, 0.2) is 18.9 Å². The van der Waals surface area contributed by atoms with E-state index >= 15 is 0 Å². The van der Waals surface area contributed by atoms with Crippen molar-refractivity contribution in [3.63, 3.8) is 0 Å². The maximum atomic E-state index is 13.1. The zero-order valence-corrected chi connectivity index (χ0v) is 45.0. The Hall–Kier alpha value is -2.25. The largest absolute Gasteiger partial charge is 0.394 e. The first-order valence-electron chi connectivity index (χ1n) is 28.4. The summed E-state index contributed by atoms with van der Waals surface area (Å²) in [5.41, 5.74) is 0. The van der Waals surface area contributed by atoms with Gasteiger partial charge in [-0.05, 0) is 51.4 Å². The van der Waals surface area contributed by atoms with Crippen LogP contribution in [0.1, 0.15) is 168 Å². The van der Waals surface area contributed by atoms with Gasteiger partial charge < -0.3 is 89.9 Å². The lowest BCUT2D eigenvalue weighted by atomic mass is 9.96. The van der Waals surface area contributed by atoms with Crippen molar-refractivity contribution in [2.45, 2.75) is 272 Å². The summed E-state index contributed by atoms with van der Waals surface area (Å²) in [6.07, 6.45) is 16.7. The summed E-state index contributed by atoms with van der Waals surface area (Å²) in [5.74, 6) is -0.292. The van der Waals surface area contributed by atoms with Gasteiger partial charge in [0.2, 0.25) is 5.91 Å². The lowest BCUT2D eigenvalue weighted by molar-refractivity contribution is -0.379. The number of nitrogens with one attached hydrogen (secondary N) is 1. The van der Waals surface area contributed by atoms with Crippen LogP contribution in [0.3, 0.4) is 0 Å². The summed E-state index contributed by atoms with van der Waals surface area (Å²) < 4.78 is 33.9. The fourth-order valence-corrected chi connectivity index (χ4v) is 9.38. The molecule has 19 nitrogen and oxygen atoms in total. The summed E-state index contributed by atoms with van der Waals surface area (Å²) in [4.78, 5) is 13.1. The molecular formula is C56H99NO18. The van der Waals surface area contributed by atoms with Crippen molar-refractivity contribution in [1.29, 1.82) is 0 Å². The molecule has 0 aliphatic carbocycles. The maximum absolute atomic E-state index is 13.1. The Balaban J connectivity index is 1.33. The highest BCUT2D eigenvalue weighted by Gasteiger charge is 2.53. The second-order valence-electron chi connectivity index (χ2n) is 20.4. The molecule has 3 aliphatic heterocycles. The Morgan fingerprint density at radius 2 is 0.907 bits per heavy atom. The quantitative estimate of drug-likeness (QED) is 0.0306. The monoisotopic (exact) mass is 1070 g/mol. The summed E-state index contributed by atoms with van der Waals surface area (Å²) in [5, 5.41) is 119. The average Bonchev–Trinajstić information content (AvgIpc) is 3.41. The van der Waals surface area contributed by atoms with Crippen LogP contribution in [0.5, 0.6) is 0 Å². The van der Waals surface area contributed by atoms with Gasteiger partial charge in [0.1, 0.15) is 73.2 Å². The van der Waals surface area contributed by atoms with E-state index in [0.717, 1.165) is 44.9 Å². The van der Waals surface area contributed by atoms with Gasteiger partial charge in [0.05, 0.1) is 38.6 Å². The average molecular weight is 1070 g/mol. The summed E-state index contributed by atoms with van der Waals surface area (Å²) in [7, 11) is 0. The van der Waals surface area contributed by atoms with Crippen LogP contribution in [0.4, 0.5) is 0 Å². The fraction of sp³-hybridized carbons (Fsp3) is 0.839. The van der Waals surface area contributed by atoms with Gasteiger partial charge in [-0.25, -0.2) is 0 Å². The molecule has 0 aromatic rings. The van der Waals surface area contributed by atoms with Gasteiger partial charge >= 0.3 is 0 Å². The Bertz CT molecular complexity index is 1570. The molecule has 0 saturated carbocycles. The number of hydrogen-bond acceptors (Lipinski definition) is 18. The third-order valence-electron chi connectivity index (χ3n) is 14.1. The second kappa shape index (κ2) is 40.0. The molecule has 3 fully saturated rings. The molecule has 1 amide bonds. The molecule has 0 spiro atoms. The molecule has 0 radical (unpaired) electrons. The Labute approximate surface area is 446 Å². The number of unbranched alkanes of at least 4 members (excludes halogenated alkanes) is 18. The molecule has 0 aromatic carbocycles. The Morgan fingerprint density at radius 3 is 1.40 bits per heavy atom. The minimum absolute atomic E-state index is 0.236. The van der Waals surface area contributed by atoms with Crippen LogP contribution in [0, 0.1) is 0 Å². The number of carbonyl (C=O) groups excluding carboxylic acids is 1. The topological polar surface area (TPSA) is 307 Å². The zero-order valence-electron chi connectivity index (χ0n) is 45.0. The first kappa shape index (κ1) is 67.0. The van der Waals surface area contributed by atoms with Gasteiger partial charge in [0, 0.05) is 6.42 Å². The summed E-state index contributed by atoms with van der Waals surface area (Å²) in [6.45, 7) is 1.45. The van der Waals surface area contributed by atoms with Gasteiger partial charge in [-0.15, -0.1) is 0 Å². The molecule has 75 heavy (non-hydrogen) atoms. The lowest BCUT2D eigenvalue weighted by Gasteiger charge is -2.48. The van der Waals surface area contributed by atoms with Crippen molar-refractivity contribution in [2.24, 2.45) is 0 Å². The van der Waals surface area contributed by atoms with Crippen molar-refractivity contribution in [3.8, 4) is 0 Å². The van der Waals surface area contributed by atoms with Crippen molar-refractivity contribution in [3.05, 3.63) is 48.6 Å². The number of amides is 1. The number of aliphatic hydroxyl groups excluding tert-OH is 11. The van der Waals surface area contributed by atoms with Crippen LogP contribution < -0.4 is 5.32 Å². The zero-order chi connectivity index (χ0) is 54.8. The normalized spacial score (nSPS) is 31.6. The molecular weight excluding hydrogens is 975 g/mol. The van der Waals surface area contributed by atoms with E-state index in [4.69, 9.17) is 28.4 Å². The number of aliphatic hydroxyl groups is 11. The van der Waals surface area contributed by atoms with E-state index in [1.165, 1.54) is 89.9 Å². The molecule has 3 saturated heterocycles. The molecule has 0 aromatic heterocycles. The number of carbonyl (C=O) groups is 1. The molecule has 3 rings (SSSR count). The van der Waals surface area contributed by atoms with E-state index in [1.807, 2.05) is 6.92 Å². The molecule has 17 unspecified atom stereocenters. The molecule has 12 N–H and O–H groups in total. The lowest BCUT2D eigenvalue weighted by Crippen LogP contribution is -2.66. The molecule has 19 heteroatoms. The van der Waals surface area contributed by atoms with Gasteiger partial charge in [-0.3, -0.25) is 4.79 Å². The number of ether oxygens (including phenoxy) is 6. The number of allylic oxidation sites excluding steroid dienone is 7. The molecule has 17 atom stereocenters. The molecule has 0 bridgehead atoms. The number of hydrogen-bond donors (Lipinski definition) is 12. The van der Waals surface area contributed by atoms with E-state index in [2.05, 4.69) is 48.7 Å². The van der Waals surface area contributed by atoms with Gasteiger partial charge in [-0.2, -0.15) is 0 Å². The predicted octanol–water partition coefficient (Wildman–Crippen LogP) is 3.92. The SMILES string of the molecule is CCC/C=C/C(O)C(COC1OC(CO)C(OC2OC(CO)C(OC3OC(CO)C(O)C(O)C3O)C(O)C2O)C(O)C1O)NC(=O)CCCCCCCCCCCCCC/C=C\C/C=C\C/C=C\CCCCCCC. The van der Waals surface area contributed by atoms with Crippen LogP contribution >= 0.6 is 0 Å². The first-order valence-corrected chi connectivity index (χ1v) is 28.4. The standard InChI is InChI=1S/C56H99NO18/c1-3-5-7-8-9-10-11-12-13-14-15-16-17-18-19-20-21-22-23-24-25-26-27-28-29-30-32-34-44(62)57-39(40(61)33-31-6-4-2)38-70-54-50(68)47(65)52(42(36-59)72-54)75-56-51(69)48(66)53(43(37-60)73-56)74-55-49(67)46(64)45(63)41(35-58)71-55/h11-12,14-15,17-18,31,33,39-43,45-56,58-61,63-69H,3-10,13,16,19-30,32,34-38H2,1-2H3,(H,57,62)/b12-11-,15-14-,18-17-,33-31+. The minimum Gasteiger partial charge on any atom is -0.394 e. The van der Waals surface area contributed by atoms with Crippen LogP contribution in [0.15, 0.2) is 48.6 Å². The van der Waals surface area contributed by atoms with Gasteiger partial charge in [0.25, 0.3) is 0 Å². The van der Waals surface area contributed by atoms with Crippen LogP contribution in [-0.4, -0.2) is 193 Å². The van der Waals surface area contributed by atoms with E-state index in [-0.39, 0.29) is 18.9 Å². The highest BCUT2D eigenvalue weighted by Crippen LogP contribution is 2.33. The van der Waals surface area contributed by atoms with Gasteiger partial charge in [-0.1, -0.05) is 159 Å². The van der Waals surface area contributed by atoms with E-state index in [9.17, 15) is 61.0 Å². The predicted molar refractivity (Wildman–Crippen MR) is 282 cm³/mol. The van der Waals surface area contributed by atoms with E-state index in [1.54, 1.807) is 12.2 Å². The first-order chi connectivity index (χ1) is 36.3. The number of rotatable bonds is 40. The molecule has 3 heterocycles. The van der Waals surface area contributed by atoms with Crippen molar-refractivity contribution < 1.29 is 89.4 Å². The van der Waals surface area contributed by atoms with E-state index < -0.39 is 124 Å².